The lowest BCUT2D eigenvalue weighted by Gasteiger charge is -2.52. The average molecular weight is 362 g/mol. The summed E-state index contributed by atoms with van der Waals surface area (Å²) in [6, 6.07) is 2.41. The SMILES string of the molecule is CCc1cc2c(s1)CCOC21CCN(C/C(C=N)=C/NC)C(C)(C)C1. The quantitative estimate of drug-likeness (QED) is 0.786. The monoisotopic (exact) mass is 361 g/mol. The molecule has 0 radical (unpaired) electrons. The predicted molar refractivity (Wildman–Crippen MR) is 106 cm³/mol. The number of nitrogens with one attached hydrogen (secondary N) is 2. The van der Waals surface area contributed by atoms with E-state index in [-0.39, 0.29) is 11.1 Å². The van der Waals surface area contributed by atoms with E-state index in [4.69, 9.17) is 10.1 Å². The van der Waals surface area contributed by atoms with Crippen LogP contribution in [0.4, 0.5) is 0 Å². The second kappa shape index (κ2) is 7.22. The lowest BCUT2D eigenvalue weighted by atomic mass is 9.74. The number of rotatable bonds is 5. The van der Waals surface area contributed by atoms with Crippen LogP contribution in [0.1, 0.15) is 48.9 Å². The average Bonchev–Trinajstić information content (AvgIpc) is 3.01. The Morgan fingerprint density at radius 1 is 1.48 bits per heavy atom. The zero-order chi connectivity index (χ0) is 18.1. The molecule has 0 saturated carbocycles. The smallest absolute Gasteiger partial charge is 0.0971 e. The van der Waals surface area contributed by atoms with Crippen LogP contribution >= 0.6 is 11.3 Å². The van der Waals surface area contributed by atoms with Crippen LogP contribution in [0, 0.1) is 5.41 Å². The molecule has 2 N–H and O–H groups in total. The number of thiophene rings is 1. The van der Waals surface area contributed by atoms with Crippen molar-refractivity contribution in [2.45, 2.75) is 57.6 Å². The van der Waals surface area contributed by atoms with Crippen molar-refractivity contribution < 1.29 is 4.74 Å². The van der Waals surface area contributed by atoms with Gasteiger partial charge < -0.3 is 15.5 Å². The van der Waals surface area contributed by atoms with Crippen molar-refractivity contribution in [3.8, 4) is 0 Å². The minimum Gasteiger partial charge on any atom is -0.394 e. The summed E-state index contributed by atoms with van der Waals surface area (Å²) in [6.45, 7) is 9.53. The summed E-state index contributed by atoms with van der Waals surface area (Å²) in [5.41, 5.74) is 2.40. The normalized spacial score (nSPS) is 26.5. The predicted octanol–water partition coefficient (Wildman–Crippen LogP) is 3.71. The highest BCUT2D eigenvalue weighted by molar-refractivity contribution is 7.12. The minimum atomic E-state index is -0.116. The van der Waals surface area contributed by atoms with Crippen molar-refractivity contribution in [2.75, 3.05) is 26.7 Å². The Morgan fingerprint density at radius 2 is 2.28 bits per heavy atom. The van der Waals surface area contributed by atoms with Crippen LogP contribution in [-0.2, 0) is 23.2 Å². The lowest BCUT2D eigenvalue weighted by Crippen LogP contribution is -2.57. The van der Waals surface area contributed by atoms with Gasteiger partial charge in [0.2, 0.25) is 0 Å². The number of aryl methyl sites for hydroxylation is 1. The van der Waals surface area contributed by atoms with E-state index in [1.54, 1.807) is 4.88 Å². The molecule has 5 heteroatoms. The van der Waals surface area contributed by atoms with Gasteiger partial charge in [0.1, 0.15) is 0 Å². The number of fused-ring (bicyclic) bond motifs is 2. The number of ether oxygens (including phenoxy) is 1. The Hall–Kier alpha value is -1.17. The molecule has 1 saturated heterocycles. The molecule has 0 amide bonds. The molecule has 1 aromatic heterocycles. The van der Waals surface area contributed by atoms with Crippen LogP contribution in [0.3, 0.4) is 0 Å². The first-order valence-electron chi connectivity index (χ1n) is 9.32. The van der Waals surface area contributed by atoms with Gasteiger partial charge in [-0.1, -0.05) is 6.92 Å². The molecule has 2 aliphatic heterocycles. The van der Waals surface area contributed by atoms with E-state index >= 15 is 0 Å². The Balaban J connectivity index is 1.84. The summed E-state index contributed by atoms with van der Waals surface area (Å²) in [7, 11) is 1.89. The number of hydrogen-bond donors (Lipinski definition) is 2. The van der Waals surface area contributed by atoms with Crippen LogP contribution in [-0.4, -0.2) is 43.4 Å². The fourth-order valence-electron chi connectivity index (χ4n) is 4.35. The maximum atomic E-state index is 7.64. The third kappa shape index (κ3) is 3.55. The van der Waals surface area contributed by atoms with Gasteiger partial charge in [0.15, 0.2) is 0 Å². The summed E-state index contributed by atoms with van der Waals surface area (Å²) < 4.78 is 6.46. The molecular weight excluding hydrogens is 330 g/mol. The molecule has 0 aromatic carbocycles. The number of likely N-dealkylation sites (tertiary alicyclic amines) is 1. The zero-order valence-electron chi connectivity index (χ0n) is 15.9. The summed E-state index contributed by atoms with van der Waals surface area (Å²) >= 11 is 1.98. The number of nitrogens with zero attached hydrogens (tertiary/aromatic N) is 1. The second-order valence-corrected chi connectivity index (χ2v) is 9.03. The number of hydrogen-bond acceptors (Lipinski definition) is 5. The number of piperidine rings is 1. The van der Waals surface area contributed by atoms with E-state index in [1.807, 2.05) is 24.6 Å². The van der Waals surface area contributed by atoms with Crippen molar-refractivity contribution >= 4 is 17.6 Å². The molecule has 0 bridgehead atoms. The first-order chi connectivity index (χ1) is 11.9. The fourth-order valence-corrected chi connectivity index (χ4v) is 5.53. The highest BCUT2D eigenvalue weighted by atomic mass is 32.1. The molecule has 3 heterocycles. The van der Waals surface area contributed by atoms with Crippen LogP contribution < -0.4 is 5.32 Å². The molecule has 0 aliphatic carbocycles. The van der Waals surface area contributed by atoms with Crippen LogP contribution in [0.2, 0.25) is 0 Å². The standard InChI is InChI=1S/C20H31N3OS/c1-5-16-10-17-18(25-16)6-9-24-20(17)7-8-23(19(2,3)14-20)13-15(11-21)12-22-4/h10-12,21-22H,5-9,13-14H2,1-4H3/b15-12+,21-11?. The van der Waals surface area contributed by atoms with Crippen molar-refractivity contribution in [2.24, 2.45) is 0 Å². The largest absolute Gasteiger partial charge is 0.394 e. The minimum absolute atomic E-state index is 0.0387. The van der Waals surface area contributed by atoms with Crippen molar-refractivity contribution in [3.05, 3.63) is 33.2 Å². The van der Waals surface area contributed by atoms with Gasteiger partial charge in [-0.25, -0.2) is 0 Å². The molecule has 1 atom stereocenters. The molecule has 4 nitrogen and oxygen atoms in total. The van der Waals surface area contributed by atoms with E-state index < -0.39 is 0 Å². The summed E-state index contributed by atoms with van der Waals surface area (Å²) in [5, 5.41) is 10.7. The second-order valence-electron chi connectivity index (χ2n) is 7.81. The maximum Gasteiger partial charge on any atom is 0.0971 e. The first-order valence-corrected chi connectivity index (χ1v) is 10.1. The summed E-state index contributed by atoms with van der Waals surface area (Å²) in [4.78, 5) is 5.53. The van der Waals surface area contributed by atoms with Gasteiger partial charge in [-0.3, -0.25) is 4.90 Å². The molecule has 2 aliphatic rings. The Kier molecular flexibility index (Phi) is 5.37. The van der Waals surface area contributed by atoms with Gasteiger partial charge in [-0.15, -0.1) is 11.3 Å². The molecular formula is C20H31N3OS. The van der Waals surface area contributed by atoms with E-state index in [1.165, 1.54) is 16.7 Å². The Morgan fingerprint density at radius 3 is 2.92 bits per heavy atom. The Labute approximate surface area is 155 Å². The lowest BCUT2D eigenvalue weighted by molar-refractivity contribution is -0.130. The molecule has 1 spiro atoms. The molecule has 3 rings (SSSR count). The molecule has 1 unspecified atom stereocenters. The highest BCUT2D eigenvalue weighted by Gasteiger charge is 2.48. The van der Waals surface area contributed by atoms with Gasteiger partial charge in [-0.05, 0) is 50.3 Å². The molecule has 25 heavy (non-hydrogen) atoms. The molecule has 1 aromatic rings. The van der Waals surface area contributed by atoms with Gasteiger partial charge in [0.25, 0.3) is 0 Å². The van der Waals surface area contributed by atoms with Crippen LogP contribution in [0.25, 0.3) is 0 Å². The van der Waals surface area contributed by atoms with Crippen molar-refractivity contribution in [3.63, 3.8) is 0 Å². The fraction of sp³-hybridized carbons (Fsp3) is 0.650. The first kappa shape index (κ1) is 18.6. The highest BCUT2D eigenvalue weighted by Crippen LogP contribution is 2.49. The van der Waals surface area contributed by atoms with Crippen molar-refractivity contribution in [1.82, 2.24) is 10.2 Å². The molecule has 1 fully saturated rings. The Bertz CT molecular complexity index is 664. The maximum absolute atomic E-state index is 7.64. The van der Waals surface area contributed by atoms with E-state index in [9.17, 15) is 0 Å². The molecule has 138 valence electrons. The van der Waals surface area contributed by atoms with Gasteiger partial charge >= 0.3 is 0 Å². The van der Waals surface area contributed by atoms with E-state index in [2.05, 4.69) is 37.1 Å². The van der Waals surface area contributed by atoms with E-state index in [0.29, 0.717) is 0 Å². The van der Waals surface area contributed by atoms with E-state index in [0.717, 1.165) is 51.0 Å². The van der Waals surface area contributed by atoms with Gasteiger partial charge in [0, 0.05) is 54.3 Å². The van der Waals surface area contributed by atoms with Gasteiger partial charge in [0.05, 0.1) is 12.2 Å². The zero-order valence-corrected chi connectivity index (χ0v) is 16.8. The summed E-state index contributed by atoms with van der Waals surface area (Å²) in [6.07, 6.45) is 7.61. The third-order valence-electron chi connectivity index (χ3n) is 5.66. The van der Waals surface area contributed by atoms with Crippen LogP contribution in [0.15, 0.2) is 17.8 Å². The summed E-state index contributed by atoms with van der Waals surface area (Å²) in [5.74, 6) is 0. The van der Waals surface area contributed by atoms with Gasteiger partial charge in [-0.2, -0.15) is 0 Å². The topological polar surface area (TPSA) is 48.4 Å². The van der Waals surface area contributed by atoms with Crippen molar-refractivity contribution in [1.29, 1.82) is 5.41 Å². The van der Waals surface area contributed by atoms with Crippen LogP contribution in [0.5, 0.6) is 0 Å². The third-order valence-corrected chi connectivity index (χ3v) is 6.99.